The first-order chi connectivity index (χ1) is 19.1. The number of halogens is 9. The maximum absolute atomic E-state index is 13.5. The van der Waals surface area contributed by atoms with E-state index in [0.717, 1.165) is 17.0 Å². The second-order valence-electron chi connectivity index (χ2n) is 9.27. The molecule has 12 heteroatoms. The zero-order valence-electron chi connectivity index (χ0n) is 21.0. The molecule has 0 saturated heterocycles. The topological polar surface area (TPSA) is 25.2 Å². The van der Waals surface area contributed by atoms with E-state index in [9.17, 15) is 44.3 Å². The van der Waals surface area contributed by atoms with Gasteiger partial charge in [-0.2, -0.15) is 39.5 Å². The van der Waals surface area contributed by atoms with Gasteiger partial charge in [0.25, 0.3) is 5.91 Å². The third-order valence-corrected chi connectivity index (χ3v) is 6.22. The van der Waals surface area contributed by atoms with Crippen molar-refractivity contribution in [2.24, 2.45) is 0 Å². The minimum atomic E-state index is -5.14. The van der Waals surface area contributed by atoms with Crippen LogP contribution in [0.5, 0.6) is 0 Å². The van der Waals surface area contributed by atoms with Crippen molar-refractivity contribution >= 4 is 5.91 Å². The molecule has 0 radical (unpaired) electrons. The van der Waals surface area contributed by atoms with E-state index in [2.05, 4.69) is 0 Å². The van der Waals surface area contributed by atoms with Gasteiger partial charge in [0.05, 0.1) is 23.2 Å². The van der Waals surface area contributed by atoms with Gasteiger partial charge >= 0.3 is 18.5 Å². The lowest BCUT2D eigenvalue weighted by atomic mass is 10.0. The highest BCUT2D eigenvalue weighted by Gasteiger charge is 2.38. The van der Waals surface area contributed by atoms with Crippen molar-refractivity contribution in [3.63, 3.8) is 0 Å². The van der Waals surface area contributed by atoms with Crippen LogP contribution >= 0.6 is 0 Å². The average Bonchev–Trinajstić information content (AvgIpc) is 3.33. The van der Waals surface area contributed by atoms with E-state index >= 15 is 0 Å². The third kappa shape index (κ3) is 7.50. The van der Waals surface area contributed by atoms with E-state index in [-0.39, 0.29) is 25.7 Å². The van der Waals surface area contributed by atoms with Crippen molar-refractivity contribution in [1.82, 2.24) is 9.47 Å². The highest BCUT2D eigenvalue weighted by atomic mass is 19.4. The average molecular weight is 584 g/mol. The Morgan fingerprint density at radius 2 is 1.20 bits per heavy atom. The minimum Gasteiger partial charge on any atom is -0.345 e. The molecule has 1 heterocycles. The molecule has 0 fully saturated rings. The Labute approximate surface area is 228 Å². The molecular formula is C29H21F9N2O. The molecule has 3 aromatic carbocycles. The van der Waals surface area contributed by atoms with Crippen LogP contribution in [0.25, 0.3) is 0 Å². The van der Waals surface area contributed by atoms with E-state index in [1.165, 1.54) is 12.1 Å². The lowest BCUT2D eigenvalue weighted by Gasteiger charge is -2.25. The summed E-state index contributed by atoms with van der Waals surface area (Å²) in [4.78, 5) is 14.6. The molecule has 41 heavy (non-hydrogen) atoms. The maximum atomic E-state index is 13.5. The Morgan fingerprint density at radius 3 is 1.78 bits per heavy atom. The predicted octanol–water partition coefficient (Wildman–Crippen LogP) is 8.44. The highest BCUT2D eigenvalue weighted by Crippen LogP contribution is 2.37. The number of hydrogen-bond acceptors (Lipinski definition) is 1. The molecule has 4 rings (SSSR count). The molecule has 0 N–H and O–H groups in total. The highest BCUT2D eigenvalue weighted by molar-refractivity contribution is 5.94. The van der Waals surface area contributed by atoms with Crippen LogP contribution in [0, 0.1) is 0 Å². The summed E-state index contributed by atoms with van der Waals surface area (Å²) in [6.07, 6.45) is -13.3. The smallest absolute Gasteiger partial charge is 0.345 e. The standard InChI is InChI=1S/C29H21F9N2O/c30-27(31,32)22-9-4-8-20(12-22)17-39-11-5-10-25(39)18-40(16-19-6-2-1-3-7-19)26(41)21-13-23(28(33,34)35)15-24(14-21)29(36,37)38/h1-15H,16-18H2. The summed E-state index contributed by atoms with van der Waals surface area (Å²) in [5.41, 5.74) is -3.65. The van der Waals surface area contributed by atoms with Crippen LogP contribution < -0.4 is 0 Å². The molecule has 0 saturated carbocycles. The number of amides is 1. The van der Waals surface area contributed by atoms with Crippen molar-refractivity contribution in [2.75, 3.05) is 0 Å². The van der Waals surface area contributed by atoms with Gasteiger partial charge in [-0.1, -0.05) is 42.5 Å². The van der Waals surface area contributed by atoms with Crippen molar-refractivity contribution in [1.29, 1.82) is 0 Å². The summed E-state index contributed by atoms with van der Waals surface area (Å²) in [6, 6.07) is 16.7. The van der Waals surface area contributed by atoms with E-state index in [4.69, 9.17) is 0 Å². The number of aromatic nitrogens is 1. The fourth-order valence-corrected chi connectivity index (χ4v) is 4.25. The molecule has 0 aliphatic rings. The van der Waals surface area contributed by atoms with E-state index in [1.807, 2.05) is 0 Å². The van der Waals surface area contributed by atoms with Gasteiger partial charge in [-0.15, -0.1) is 0 Å². The molecule has 0 aliphatic heterocycles. The quantitative estimate of drug-likeness (QED) is 0.200. The molecule has 4 aromatic rings. The van der Waals surface area contributed by atoms with E-state index in [1.54, 1.807) is 53.2 Å². The van der Waals surface area contributed by atoms with Crippen LogP contribution in [0.15, 0.2) is 91.1 Å². The van der Waals surface area contributed by atoms with E-state index in [0.29, 0.717) is 29.0 Å². The lowest BCUT2D eigenvalue weighted by molar-refractivity contribution is -0.143. The van der Waals surface area contributed by atoms with E-state index < -0.39 is 46.7 Å². The van der Waals surface area contributed by atoms with Crippen LogP contribution in [0.2, 0.25) is 0 Å². The summed E-state index contributed by atoms with van der Waals surface area (Å²) in [6.45, 7) is -0.440. The summed E-state index contributed by atoms with van der Waals surface area (Å²) in [5, 5.41) is 0. The normalized spacial score (nSPS) is 12.4. The van der Waals surface area contributed by atoms with Crippen molar-refractivity contribution in [3.8, 4) is 0 Å². The van der Waals surface area contributed by atoms with Crippen molar-refractivity contribution in [3.05, 3.63) is 130 Å². The monoisotopic (exact) mass is 584 g/mol. The molecule has 1 aromatic heterocycles. The summed E-state index contributed by atoms with van der Waals surface area (Å²) < 4.78 is 122. The largest absolute Gasteiger partial charge is 0.416 e. The number of hydrogen-bond donors (Lipinski definition) is 0. The molecule has 0 aliphatic carbocycles. The second kappa shape index (κ2) is 11.3. The molecule has 3 nitrogen and oxygen atoms in total. The van der Waals surface area contributed by atoms with Crippen molar-refractivity contribution < 1.29 is 44.3 Å². The van der Waals surface area contributed by atoms with Gasteiger partial charge in [-0.05, 0) is 53.6 Å². The fraction of sp³-hybridized carbons (Fsp3) is 0.207. The molecule has 0 spiro atoms. The van der Waals surface area contributed by atoms with Gasteiger partial charge in [0.15, 0.2) is 0 Å². The Morgan fingerprint density at radius 1 is 0.610 bits per heavy atom. The van der Waals surface area contributed by atoms with Crippen LogP contribution in [0.3, 0.4) is 0 Å². The van der Waals surface area contributed by atoms with Gasteiger partial charge in [-0.25, -0.2) is 0 Å². The molecule has 0 atom stereocenters. The minimum absolute atomic E-state index is 0.0264. The van der Waals surface area contributed by atoms with Crippen molar-refractivity contribution in [2.45, 2.75) is 38.2 Å². The molecule has 216 valence electrons. The number of alkyl halides is 9. The summed E-state index contributed by atoms with van der Waals surface area (Å²) >= 11 is 0. The Kier molecular flexibility index (Phi) is 8.23. The maximum Gasteiger partial charge on any atom is 0.416 e. The summed E-state index contributed by atoms with van der Waals surface area (Å²) in [5.74, 6) is -1.09. The molecule has 0 unspecified atom stereocenters. The Hall–Kier alpha value is -4.22. The van der Waals surface area contributed by atoms with Crippen LogP contribution in [-0.4, -0.2) is 15.4 Å². The van der Waals surface area contributed by atoms with Crippen LogP contribution in [0.1, 0.15) is 43.9 Å². The molecule has 0 bridgehead atoms. The lowest BCUT2D eigenvalue weighted by Crippen LogP contribution is -2.31. The zero-order valence-corrected chi connectivity index (χ0v) is 21.0. The van der Waals surface area contributed by atoms with Gasteiger partial charge < -0.3 is 9.47 Å². The predicted molar refractivity (Wildman–Crippen MR) is 131 cm³/mol. The number of carbonyl (C=O) groups excluding carboxylic acids is 1. The van der Waals surface area contributed by atoms with Gasteiger partial charge in [-0.3, -0.25) is 4.79 Å². The molecule has 1 amide bonds. The second-order valence-corrected chi connectivity index (χ2v) is 9.27. The number of nitrogens with zero attached hydrogens (tertiary/aromatic N) is 2. The number of benzene rings is 3. The van der Waals surface area contributed by atoms with Gasteiger partial charge in [0.2, 0.25) is 0 Å². The Balaban J connectivity index is 1.70. The first-order valence-corrected chi connectivity index (χ1v) is 12.0. The number of carbonyl (C=O) groups is 1. The Bertz CT molecular complexity index is 1470. The third-order valence-electron chi connectivity index (χ3n) is 6.22. The van der Waals surface area contributed by atoms with Crippen LogP contribution in [0.4, 0.5) is 39.5 Å². The zero-order chi connectivity index (χ0) is 30.0. The number of rotatable bonds is 7. The first-order valence-electron chi connectivity index (χ1n) is 12.0. The van der Waals surface area contributed by atoms with Gasteiger partial charge in [0.1, 0.15) is 0 Å². The van der Waals surface area contributed by atoms with Crippen LogP contribution in [-0.2, 0) is 38.2 Å². The van der Waals surface area contributed by atoms with Gasteiger partial charge in [0, 0.05) is 30.5 Å². The summed E-state index contributed by atoms with van der Waals surface area (Å²) in [7, 11) is 0. The fourth-order valence-electron chi connectivity index (χ4n) is 4.25. The molecular weight excluding hydrogens is 563 g/mol. The SMILES string of the molecule is O=C(c1cc(C(F)(F)F)cc(C(F)(F)F)c1)N(Cc1ccccc1)Cc1cccn1Cc1cccc(C(F)(F)F)c1. The first kappa shape index (κ1) is 29.8.